The minimum atomic E-state index is -0.315. The van der Waals surface area contributed by atoms with E-state index < -0.39 is 0 Å². The van der Waals surface area contributed by atoms with E-state index in [0.29, 0.717) is 17.0 Å². The van der Waals surface area contributed by atoms with E-state index >= 15 is 0 Å². The summed E-state index contributed by atoms with van der Waals surface area (Å²) in [4.78, 5) is 26.4. The molecule has 0 saturated heterocycles. The zero-order chi connectivity index (χ0) is 19.6. The summed E-state index contributed by atoms with van der Waals surface area (Å²) in [6, 6.07) is 8.99. The van der Waals surface area contributed by atoms with Crippen molar-refractivity contribution < 1.29 is 14.3 Å². The van der Waals surface area contributed by atoms with Crippen molar-refractivity contribution in [2.75, 3.05) is 31.3 Å². The first-order chi connectivity index (χ1) is 12.9. The predicted octanol–water partition coefficient (Wildman–Crippen LogP) is 3.55. The second kappa shape index (κ2) is 7.98. The molecule has 0 radical (unpaired) electrons. The second-order valence-electron chi connectivity index (χ2n) is 6.60. The maximum absolute atomic E-state index is 12.9. The molecule has 0 saturated carbocycles. The lowest BCUT2D eigenvalue weighted by atomic mass is 9.98. The van der Waals surface area contributed by atoms with Gasteiger partial charge in [-0.15, -0.1) is 0 Å². The summed E-state index contributed by atoms with van der Waals surface area (Å²) >= 11 is 6.23. The molecule has 7 heteroatoms. The molecule has 0 bridgehead atoms. The zero-order valence-electron chi connectivity index (χ0n) is 15.6. The Labute approximate surface area is 163 Å². The highest BCUT2D eigenvalue weighted by molar-refractivity contribution is 6.34. The quantitative estimate of drug-likeness (QED) is 0.841. The molecule has 0 aliphatic carbocycles. The van der Waals surface area contributed by atoms with Crippen LogP contribution in [0.4, 0.5) is 11.4 Å². The monoisotopic (exact) mass is 387 g/mol. The van der Waals surface area contributed by atoms with Crippen molar-refractivity contribution in [2.24, 2.45) is 0 Å². The molecule has 1 heterocycles. The minimum absolute atomic E-state index is 0.254. The number of nitrogens with zero attached hydrogens (tertiary/aromatic N) is 1. The summed E-state index contributed by atoms with van der Waals surface area (Å²) in [7, 11) is 3.53. The number of halogens is 1. The predicted molar refractivity (Wildman–Crippen MR) is 107 cm³/mol. The molecule has 2 aromatic rings. The van der Waals surface area contributed by atoms with Gasteiger partial charge in [-0.1, -0.05) is 23.7 Å². The largest absolute Gasteiger partial charge is 0.496 e. The van der Waals surface area contributed by atoms with Gasteiger partial charge in [0.05, 0.1) is 23.4 Å². The molecule has 142 valence electrons. The number of methoxy groups -OCH3 is 1. The molecule has 6 nitrogen and oxygen atoms in total. The van der Waals surface area contributed by atoms with Gasteiger partial charge in [0, 0.05) is 31.8 Å². The Morgan fingerprint density at radius 1 is 1.19 bits per heavy atom. The van der Waals surface area contributed by atoms with Gasteiger partial charge in [-0.2, -0.15) is 0 Å². The first kappa shape index (κ1) is 19.2. The molecule has 0 unspecified atom stereocenters. The number of amides is 2. The Morgan fingerprint density at radius 2 is 1.96 bits per heavy atom. The Bertz CT molecular complexity index is 898. The summed E-state index contributed by atoms with van der Waals surface area (Å²) in [5.74, 6) is -0.233. The third-order valence-corrected chi connectivity index (χ3v) is 4.87. The summed E-state index contributed by atoms with van der Waals surface area (Å²) in [5, 5.41) is 5.87. The van der Waals surface area contributed by atoms with Gasteiger partial charge >= 0.3 is 0 Å². The molecule has 2 amide bonds. The van der Waals surface area contributed by atoms with Gasteiger partial charge in [-0.25, -0.2) is 0 Å². The van der Waals surface area contributed by atoms with E-state index in [9.17, 15) is 9.59 Å². The maximum atomic E-state index is 12.9. The number of fused-ring (bicyclic) bond motifs is 1. The highest BCUT2D eigenvalue weighted by atomic mass is 35.5. The average molecular weight is 388 g/mol. The average Bonchev–Trinajstić information content (AvgIpc) is 2.63. The Balaban J connectivity index is 1.91. The molecule has 0 fully saturated rings. The van der Waals surface area contributed by atoms with Crippen molar-refractivity contribution in [3.05, 3.63) is 52.0 Å². The Hall–Kier alpha value is -2.57. The second-order valence-corrected chi connectivity index (χ2v) is 7.01. The summed E-state index contributed by atoms with van der Waals surface area (Å²) in [5.41, 5.74) is 3.86. The van der Waals surface area contributed by atoms with Crippen molar-refractivity contribution >= 4 is 34.8 Å². The van der Waals surface area contributed by atoms with E-state index in [1.165, 1.54) is 25.7 Å². The van der Waals surface area contributed by atoms with Crippen molar-refractivity contribution in [3.8, 4) is 5.75 Å². The molecular weight excluding hydrogens is 366 g/mol. The van der Waals surface area contributed by atoms with Crippen LogP contribution in [0, 0.1) is 0 Å². The number of hydrogen-bond acceptors (Lipinski definition) is 4. The van der Waals surface area contributed by atoms with Crippen LogP contribution in [0.2, 0.25) is 5.02 Å². The maximum Gasteiger partial charge on any atom is 0.259 e. The van der Waals surface area contributed by atoms with E-state index in [1.807, 2.05) is 12.1 Å². The molecule has 2 aromatic carbocycles. The lowest BCUT2D eigenvalue weighted by Gasteiger charge is -2.27. The smallest absolute Gasteiger partial charge is 0.259 e. The van der Waals surface area contributed by atoms with E-state index in [4.69, 9.17) is 16.3 Å². The van der Waals surface area contributed by atoms with E-state index in [2.05, 4.69) is 28.6 Å². The van der Waals surface area contributed by atoms with Crippen molar-refractivity contribution in [3.63, 3.8) is 0 Å². The Kier molecular flexibility index (Phi) is 5.68. The fraction of sp³-hybridized carbons (Fsp3) is 0.300. The number of rotatable bonds is 4. The van der Waals surface area contributed by atoms with Crippen LogP contribution in [0.3, 0.4) is 0 Å². The standard InChI is InChI=1S/C20H22ClN3O3/c1-12(25)22-18-10-19(27-3)14(9-16(18)21)20(26)23-17-6-4-5-13-7-8-24(2)11-15(13)17/h4-6,9-10H,7-8,11H2,1-3H3,(H,22,25)(H,23,26). The fourth-order valence-electron chi connectivity index (χ4n) is 3.21. The van der Waals surface area contributed by atoms with Crippen LogP contribution in [-0.4, -0.2) is 37.4 Å². The van der Waals surface area contributed by atoms with Crippen LogP contribution < -0.4 is 15.4 Å². The van der Waals surface area contributed by atoms with Crippen LogP contribution in [0.25, 0.3) is 0 Å². The molecular formula is C20H22ClN3O3. The highest BCUT2D eigenvalue weighted by Gasteiger charge is 2.20. The number of ether oxygens (including phenoxy) is 1. The SMILES string of the molecule is COc1cc(NC(C)=O)c(Cl)cc1C(=O)Nc1cccc2c1CN(C)CC2. The number of benzene rings is 2. The van der Waals surface area contributed by atoms with Crippen LogP contribution >= 0.6 is 11.6 Å². The summed E-state index contributed by atoms with van der Waals surface area (Å²) in [6.45, 7) is 3.17. The molecule has 0 aromatic heterocycles. The Morgan fingerprint density at radius 3 is 2.67 bits per heavy atom. The van der Waals surface area contributed by atoms with Gasteiger partial charge < -0.3 is 20.3 Å². The normalized spacial score (nSPS) is 13.6. The molecule has 1 aliphatic rings. The molecule has 3 rings (SSSR count). The molecule has 2 N–H and O–H groups in total. The van der Waals surface area contributed by atoms with E-state index in [0.717, 1.165) is 30.8 Å². The van der Waals surface area contributed by atoms with Crippen molar-refractivity contribution in [1.82, 2.24) is 4.90 Å². The molecule has 27 heavy (non-hydrogen) atoms. The van der Waals surface area contributed by atoms with Gasteiger partial charge in [-0.05, 0) is 36.7 Å². The number of carbonyl (C=O) groups is 2. The first-order valence-electron chi connectivity index (χ1n) is 8.65. The van der Waals surface area contributed by atoms with E-state index in [-0.39, 0.29) is 16.8 Å². The third-order valence-electron chi connectivity index (χ3n) is 4.56. The number of nitrogens with one attached hydrogen (secondary N) is 2. The molecule has 1 aliphatic heterocycles. The first-order valence-corrected chi connectivity index (χ1v) is 9.02. The van der Waals surface area contributed by atoms with Crippen LogP contribution in [0.15, 0.2) is 30.3 Å². The number of anilines is 2. The van der Waals surface area contributed by atoms with Gasteiger partial charge in [0.1, 0.15) is 5.75 Å². The van der Waals surface area contributed by atoms with Gasteiger partial charge in [-0.3, -0.25) is 9.59 Å². The molecule has 0 spiro atoms. The minimum Gasteiger partial charge on any atom is -0.496 e. The van der Waals surface area contributed by atoms with Crippen molar-refractivity contribution in [2.45, 2.75) is 19.9 Å². The number of carbonyl (C=O) groups excluding carboxylic acids is 2. The highest BCUT2D eigenvalue weighted by Crippen LogP contribution is 2.32. The van der Waals surface area contributed by atoms with Crippen molar-refractivity contribution in [1.29, 1.82) is 0 Å². The fourth-order valence-corrected chi connectivity index (χ4v) is 3.42. The van der Waals surface area contributed by atoms with Gasteiger partial charge in [0.15, 0.2) is 0 Å². The van der Waals surface area contributed by atoms with Crippen LogP contribution in [0.5, 0.6) is 5.75 Å². The molecule has 0 atom stereocenters. The number of likely N-dealkylation sites (N-methyl/N-ethyl adjacent to an activating group) is 1. The van der Waals surface area contributed by atoms with Crippen LogP contribution in [-0.2, 0) is 17.8 Å². The summed E-state index contributed by atoms with van der Waals surface area (Å²) in [6.07, 6.45) is 0.954. The van der Waals surface area contributed by atoms with Gasteiger partial charge in [0.25, 0.3) is 5.91 Å². The lowest BCUT2D eigenvalue weighted by Crippen LogP contribution is -2.28. The summed E-state index contributed by atoms with van der Waals surface area (Å²) < 4.78 is 5.33. The lowest BCUT2D eigenvalue weighted by molar-refractivity contribution is -0.114. The number of hydrogen-bond donors (Lipinski definition) is 2. The van der Waals surface area contributed by atoms with Gasteiger partial charge in [0.2, 0.25) is 5.91 Å². The van der Waals surface area contributed by atoms with Crippen LogP contribution in [0.1, 0.15) is 28.4 Å². The van der Waals surface area contributed by atoms with E-state index in [1.54, 1.807) is 6.07 Å². The zero-order valence-corrected chi connectivity index (χ0v) is 16.3. The third kappa shape index (κ3) is 4.23. The topological polar surface area (TPSA) is 70.7 Å².